The maximum atomic E-state index is 11.1. The molecule has 2 aromatic rings. The number of amides is 1. The van der Waals surface area contributed by atoms with Crippen LogP contribution in [0.5, 0.6) is 0 Å². The number of imidazole rings is 1. The Morgan fingerprint density at radius 1 is 1.33 bits per heavy atom. The lowest BCUT2D eigenvalue weighted by Gasteiger charge is -2.02. The first kappa shape index (κ1) is 9.51. The van der Waals surface area contributed by atoms with Crippen LogP contribution >= 0.6 is 0 Å². The van der Waals surface area contributed by atoms with Crippen LogP contribution in [0.15, 0.2) is 23.0 Å². The van der Waals surface area contributed by atoms with Crippen molar-refractivity contribution in [2.24, 2.45) is 0 Å². The number of hydrogen-bond acceptors (Lipinski definition) is 2. The Morgan fingerprint density at radius 3 is 2.80 bits per heavy atom. The molecule has 1 aromatic heterocycles. The highest BCUT2D eigenvalue weighted by Crippen LogP contribution is 2.14. The number of carbonyl (C=O) groups excluding carboxylic acids is 1. The number of benzene rings is 1. The summed E-state index contributed by atoms with van der Waals surface area (Å²) in [6.45, 7) is 1.78. The van der Waals surface area contributed by atoms with Crippen LogP contribution < -0.4 is 11.0 Å². The molecule has 2 rings (SSSR count). The van der Waals surface area contributed by atoms with Gasteiger partial charge in [-0.25, -0.2) is 4.79 Å². The van der Waals surface area contributed by atoms with Gasteiger partial charge in [0.2, 0.25) is 5.91 Å². The Balaban J connectivity index is 2.38. The molecule has 3 N–H and O–H groups in total. The Labute approximate surface area is 85.5 Å². The quantitative estimate of drug-likeness (QED) is 0.689. The van der Waals surface area contributed by atoms with Gasteiger partial charge in [0.15, 0.2) is 0 Å². The summed E-state index contributed by atoms with van der Waals surface area (Å²) in [4.78, 5) is 27.4. The van der Waals surface area contributed by atoms with E-state index >= 15 is 0 Å². The van der Waals surface area contributed by atoms with Crippen LogP contribution in [-0.2, 0) is 4.79 Å². The van der Waals surface area contributed by atoms with Gasteiger partial charge in [-0.1, -0.05) is 6.92 Å². The fourth-order valence-electron chi connectivity index (χ4n) is 1.36. The van der Waals surface area contributed by atoms with Crippen LogP contribution in [-0.4, -0.2) is 15.9 Å². The topological polar surface area (TPSA) is 77.8 Å². The summed E-state index contributed by atoms with van der Waals surface area (Å²) in [5, 5.41) is 2.72. The summed E-state index contributed by atoms with van der Waals surface area (Å²) in [5.41, 5.74) is 1.86. The van der Waals surface area contributed by atoms with Crippen molar-refractivity contribution in [2.75, 3.05) is 5.32 Å². The highest BCUT2D eigenvalue weighted by molar-refractivity contribution is 5.92. The minimum atomic E-state index is -0.246. The number of carbonyl (C=O) groups is 1. The van der Waals surface area contributed by atoms with Crippen molar-refractivity contribution in [2.45, 2.75) is 13.3 Å². The van der Waals surface area contributed by atoms with Crippen molar-refractivity contribution in [1.82, 2.24) is 9.97 Å². The highest BCUT2D eigenvalue weighted by Gasteiger charge is 2.02. The largest absolute Gasteiger partial charge is 0.326 e. The van der Waals surface area contributed by atoms with E-state index in [-0.39, 0.29) is 11.6 Å². The lowest BCUT2D eigenvalue weighted by Crippen LogP contribution is -2.09. The first-order valence-corrected chi connectivity index (χ1v) is 4.71. The number of aromatic amines is 2. The van der Waals surface area contributed by atoms with Gasteiger partial charge in [0.05, 0.1) is 11.0 Å². The lowest BCUT2D eigenvalue weighted by atomic mass is 10.2. The molecule has 0 saturated heterocycles. The van der Waals surface area contributed by atoms with Crippen LogP contribution in [0.2, 0.25) is 0 Å². The van der Waals surface area contributed by atoms with Gasteiger partial charge in [-0.2, -0.15) is 0 Å². The maximum Gasteiger partial charge on any atom is 0.323 e. The number of rotatable bonds is 2. The molecule has 0 fully saturated rings. The van der Waals surface area contributed by atoms with Gasteiger partial charge in [0.1, 0.15) is 0 Å². The second-order valence-corrected chi connectivity index (χ2v) is 3.24. The van der Waals surface area contributed by atoms with Crippen LogP contribution in [0.1, 0.15) is 13.3 Å². The van der Waals surface area contributed by atoms with Gasteiger partial charge in [-0.15, -0.1) is 0 Å². The van der Waals surface area contributed by atoms with Crippen molar-refractivity contribution in [3.05, 3.63) is 28.7 Å². The van der Waals surface area contributed by atoms with Crippen LogP contribution in [0.25, 0.3) is 11.0 Å². The zero-order valence-corrected chi connectivity index (χ0v) is 8.26. The second-order valence-electron chi connectivity index (χ2n) is 3.24. The average Bonchev–Trinajstić information content (AvgIpc) is 2.57. The van der Waals surface area contributed by atoms with Crippen molar-refractivity contribution < 1.29 is 4.79 Å². The van der Waals surface area contributed by atoms with E-state index in [4.69, 9.17) is 0 Å². The van der Waals surface area contributed by atoms with E-state index in [0.717, 1.165) is 5.52 Å². The number of fused-ring (bicyclic) bond motifs is 1. The first-order valence-electron chi connectivity index (χ1n) is 4.71. The molecule has 0 aliphatic carbocycles. The Bertz CT molecular complexity index is 553. The SMILES string of the molecule is CCC(=O)Nc1ccc2[nH]c(=O)[nH]c2c1. The molecule has 1 heterocycles. The monoisotopic (exact) mass is 205 g/mol. The van der Waals surface area contributed by atoms with Crippen LogP contribution in [0.4, 0.5) is 5.69 Å². The maximum absolute atomic E-state index is 11.1. The number of aromatic nitrogens is 2. The molecule has 15 heavy (non-hydrogen) atoms. The summed E-state index contributed by atoms with van der Waals surface area (Å²) in [7, 11) is 0. The minimum absolute atomic E-state index is 0.0489. The Hall–Kier alpha value is -2.04. The standard InChI is InChI=1S/C10H11N3O2/c1-2-9(14)11-6-3-4-7-8(5-6)13-10(15)12-7/h3-5H,2H2,1H3,(H,11,14)(H2,12,13,15). The summed E-state index contributed by atoms with van der Waals surface area (Å²) >= 11 is 0. The molecule has 5 nitrogen and oxygen atoms in total. The van der Waals surface area contributed by atoms with Gasteiger partial charge in [0, 0.05) is 12.1 Å². The fraction of sp³-hybridized carbons (Fsp3) is 0.200. The van der Waals surface area contributed by atoms with E-state index < -0.39 is 0 Å². The normalized spacial score (nSPS) is 10.5. The van der Waals surface area contributed by atoms with Crippen LogP contribution in [0.3, 0.4) is 0 Å². The molecule has 0 radical (unpaired) electrons. The van der Waals surface area contributed by atoms with E-state index in [1.165, 1.54) is 0 Å². The second kappa shape index (κ2) is 3.61. The van der Waals surface area contributed by atoms with Crippen molar-refractivity contribution in [3.63, 3.8) is 0 Å². The number of hydrogen-bond donors (Lipinski definition) is 3. The zero-order chi connectivity index (χ0) is 10.8. The summed E-state index contributed by atoms with van der Waals surface area (Å²) in [5.74, 6) is -0.0489. The molecular weight excluding hydrogens is 194 g/mol. The van der Waals surface area contributed by atoms with Crippen molar-refractivity contribution in [3.8, 4) is 0 Å². The molecule has 78 valence electrons. The molecule has 0 saturated carbocycles. The zero-order valence-electron chi connectivity index (χ0n) is 8.26. The summed E-state index contributed by atoms with van der Waals surface area (Å²) in [6, 6.07) is 5.22. The fourth-order valence-corrected chi connectivity index (χ4v) is 1.36. The number of nitrogens with one attached hydrogen (secondary N) is 3. The predicted octanol–water partition coefficient (Wildman–Crippen LogP) is 1.20. The molecule has 0 spiro atoms. The van der Waals surface area contributed by atoms with E-state index in [0.29, 0.717) is 17.6 Å². The van der Waals surface area contributed by atoms with E-state index in [9.17, 15) is 9.59 Å². The predicted molar refractivity (Wildman–Crippen MR) is 57.8 cm³/mol. The van der Waals surface area contributed by atoms with Crippen LogP contribution in [0, 0.1) is 0 Å². The highest BCUT2D eigenvalue weighted by atomic mass is 16.1. The molecule has 0 atom stereocenters. The molecule has 5 heteroatoms. The minimum Gasteiger partial charge on any atom is -0.326 e. The number of anilines is 1. The Kier molecular flexibility index (Phi) is 2.29. The van der Waals surface area contributed by atoms with Crippen molar-refractivity contribution in [1.29, 1.82) is 0 Å². The molecule has 1 aromatic carbocycles. The third-order valence-corrected chi connectivity index (χ3v) is 2.12. The molecule has 0 unspecified atom stereocenters. The lowest BCUT2D eigenvalue weighted by molar-refractivity contribution is -0.115. The molecular formula is C10H11N3O2. The smallest absolute Gasteiger partial charge is 0.323 e. The summed E-state index contributed by atoms with van der Waals surface area (Å²) in [6.07, 6.45) is 0.432. The first-order chi connectivity index (χ1) is 7.19. The summed E-state index contributed by atoms with van der Waals surface area (Å²) < 4.78 is 0. The third kappa shape index (κ3) is 1.90. The van der Waals surface area contributed by atoms with Gasteiger partial charge < -0.3 is 15.3 Å². The molecule has 0 bridgehead atoms. The molecule has 0 aliphatic heterocycles. The molecule has 1 amide bonds. The van der Waals surface area contributed by atoms with E-state index in [1.54, 1.807) is 25.1 Å². The van der Waals surface area contributed by atoms with E-state index in [2.05, 4.69) is 15.3 Å². The van der Waals surface area contributed by atoms with E-state index in [1.807, 2.05) is 0 Å². The third-order valence-electron chi connectivity index (χ3n) is 2.12. The number of H-pyrrole nitrogens is 2. The van der Waals surface area contributed by atoms with Gasteiger partial charge >= 0.3 is 5.69 Å². The molecule has 0 aliphatic rings. The van der Waals surface area contributed by atoms with Gasteiger partial charge in [-0.3, -0.25) is 4.79 Å². The average molecular weight is 205 g/mol. The Morgan fingerprint density at radius 2 is 2.07 bits per heavy atom. The van der Waals surface area contributed by atoms with Gasteiger partial charge in [-0.05, 0) is 18.2 Å². The van der Waals surface area contributed by atoms with Crippen molar-refractivity contribution >= 4 is 22.6 Å². The van der Waals surface area contributed by atoms with Gasteiger partial charge in [0.25, 0.3) is 0 Å².